The van der Waals surface area contributed by atoms with Crippen LogP contribution in [0.15, 0.2) is 25.0 Å². The number of hydrogen-bond donors (Lipinski definition) is 0. The van der Waals surface area contributed by atoms with Crippen LogP contribution >= 0.6 is 0 Å². The fraction of sp³-hybridized carbons (Fsp3) is 0.643. The molecule has 3 heterocycles. The van der Waals surface area contributed by atoms with E-state index in [-0.39, 0.29) is 0 Å². The van der Waals surface area contributed by atoms with Gasteiger partial charge in [-0.05, 0) is 31.9 Å². The Labute approximate surface area is 119 Å². The zero-order valence-corrected chi connectivity index (χ0v) is 12.0. The summed E-state index contributed by atoms with van der Waals surface area (Å²) in [7, 11) is 0. The number of likely N-dealkylation sites (tertiary alicyclic amines) is 1. The molecule has 108 valence electrons. The van der Waals surface area contributed by atoms with E-state index < -0.39 is 0 Å². The predicted molar refractivity (Wildman–Crippen MR) is 76.2 cm³/mol. The molecule has 0 radical (unpaired) electrons. The highest BCUT2D eigenvalue weighted by Gasteiger charge is 2.22. The highest BCUT2D eigenvalue weighted by Crippen LogP contribution is 2.18. The smallest absolute Gasteiger partial charge is 0.137 e. The molecule has 3 rings (SSSR count). The van der Waals surface area contributed by atoms with E-state index >= 15 is 0 Å². The highest BCUT2D eigenvalue weighted by atomic mass is 15.3. The van der Waals surface area contributed by atoms with Crippen molar-refractivity contribution in [3.63, 3.8) is 0 Å². The van der Waals surface area contributed by atoms with Crippen LogP contribution in [0, 0.1) is 6.92 Å². The molecule has 1 fully saturated rings. The summed E-state index contributed by atoms with van der Waals surface area (Å²) in [5.74, 6) is 0. The Hall–Kier alpha value is -1.69. The van der Waals surface area contributed by atoms with Crippen molar-refractivity contribution in [2.45, 2.75) is 45.3 Å². The van der Waals surface area contributed by atoms with Crippen LogP contribution in [-0.2, 0) is 13.1 Å². The lowest BCUT2D eigenvalue weighted by Gasteiger charge is -2.35. The van der Waals surface area contributed by atoms with E-state index in [9.17, 15) is 0 Å². The van der Waals surface area contributed by atoms with Crippen molar-refractivity contribution < 1.29 is 0 Å². The van der Waals surface area contributed by atoms with Gasteiger partial charge in [0, 0.05) is 18.8 Å². The molecule has 20 heavy (non-hydrogen) atoms. The molecule has 2 aromatic rings. The van der Waals surface area contributed by atoms with Gasteiger partial charge in [-0.3, -0.25) is 14.3 Å². The summed E-state index contributed by atoms with van der Waals surface area (Å²) < 4.78 is 3.98. The zero-order valence-electron chi connectivity index (χ0n) is 12.0. The third kappa shape index (κ3) is 3.25. The SMILES string of the molecule is Cc1cnn(C[C@@H]2CCCCN2CCn2cncn2)c1. The van der Waals surface area contributed by atoms with Gasteiger partial charge in [0.25, 0.3) is 0 Å². The molecular formula is C14H22N6. The molecule has 0 amide bonds. The highest BCUT2D eigenvalue weighted by molar-refractivity contribution is 4.99. The molecule has 0 N–H and O–H groups in total. The molecule has 2 aromatic heterocycles. The molecule has 1 atom stereocenters. The summed E-state index contributed by atoms with van der Waals surface area (Å²) in [5, 5.41) is 8.59. The Morgan fingerprint density at radius 1 is 1.20 bits per heavy atom. The normalized spacial score (nSPS) is 20.4. The minimum absolute atomic E-state index is 0.589. The van der Waals surface area contributed by atoms with Crippen LogP contribution in [0.4, 0.5) is 0 Å². The molecule has 0 saturated carbocycles. The second-order valence-electron chi connectivity index (χ2n) is 5.58. The topological polar surface area (TPSA) is 51.8 Å². The van der Waals surface area contributed by atoms with Crippen molar-refractivity contribution in [2.75, 3.05) is 13.1 Å². The quantitative estimate of drug-likeness (QED) is 0.825. The summed E-state index contributed by atoms with van der Waals surface area (Å²) >= 11 is 0. The molecule has 1 aliphatic heterocycles. The average molecular weight is 274 g/mol. The van der Waals surface area contributed by atoms with Crippen molar-refractivity contribution in [2.24, 2.45) is 0 Å². The lowest BCUT2D eigenvalue weighted by atomic mass is 10.0. The maximum atomic E-state index is 4.42. The first-order valence-corrected chi connectivity index (χ1v) is 7.37. The van der Waals surface area contributed by atoms with Crippen molar-refractivity contribution in [3.8, 4) is 0 Å². The standard InChI is InChI=1S/C14H22N6/c1-13-8-16-20(9-13)10-14-4-2-3-5-18(14)6-7-19-12-15-11-17-19/h8-9,11-12,14H,2-7,10H2,1H3/t14-/m0/s1. The number of aryl methyl sites for hydroxylation is 1. The number of hydrogen-bond acceptors (Lipinski definition) is 4. The molecule has 0 spiro atoms. The van der Waals surface area contributed by atoms with E-state index in [0.717, 1.165) is 19.6 Å². The molecule has 6 nitrogen and oxygen atoms in total. The Morgan fingerprint density at radius 3 is 2.90 bits per heavy atom. The van der Waals surface area contributed by atoms with Crippen molar-refractivity contribution in [1.29, 1.82) is 0 Å². The summed E-state index contributed by atoms with van der Waals surface area (Å²) in [6, 6.07) is 0.589. The Balaban J connectivity index is 1.58. The van der Waals surface area contributed by atoms with Gasteiger partial charge < -0.3 is 0 Å². The predicted octanol–water partition coefficient (Wildman–Crippen LogP) is 1.34. The fourth-order valence-corrected chi connectivity index (χ4v) is 2.92. The van der Waals surface area contributed by atoms with Gasteiger partial charge in [-0.15, -0.1) is 0 Å². The second-order valence-corrected chi connectivity index (χ2v) is 5.58. The molecule has 0 unspecified atom stereocenters. The van der Waals surface area contributed by atoms with Gasteiger partial charge in [0.1, 0.15) is 12.7 Å². The van der Waals surface area contributed by atoms with E-state index in [2.05, 4.69) is 37.9 Å². The van der Waals surface area contributed by atoms with Gasteiger partial charge in [0.2, 0.25) is 0 Å². The van der Waals surface area contributed by atoms with Crippen LogP contribution in [0.25, 0.3) is 0 Å². The lowest BCUT2D eigenvalue weighted by molar-refractivity contribution is 0.123. The van der Waals surface area contributed by atoms with Crippen molar-refractivity contribution in [3.05, 3.63) is 30.6 Å². The molecule has 1 aliphatic rings. The van der Waals surface area contributed by atoms with Gasteiger partial charge in [-0.2, -0.15) is 10.2 Å². The van der Waals surface area contributed by atoms with Crippen molar-refractivity contribution in [1.82, 2.24) is 29.4 Å². The second kappa shape index (κ2) is 6.17. The lowest BCUT2D eigenvalue weighted by Crippen LogP contribution is -2.43. The van der Waals surface area contributed by atoms with Crippen LogP contribution in [-0.4, -0.2) is 48.6 Å². The fourth-order valence-electron chi connectivity index (χ4n) is 2.92. The summed E-state index contributed by atoms with van der Waals surface area (Å²) in [6.07, 6.45) is 11.3. The summed E-state index contributed by atoms with van der Waals surface area (Å²) in [6.45, 7) is 6.21. The number of aromatic nitrogens is 5. The molecule has 0 bridgehead atoms. The van der Waals surface area contributed by atoms with E-state index in [4.69, 9.17) is 0 Å². The van der Waals surface area contributed by atoms with Crippen LogP contribution < -0.4 is 0 Å². The minimum atomic E-state index is 0.589. The van der Waals surface area contributed by atoms with Gasteiger partial charge in [-0.25, -0.2) is 4.98 Å². The molecule has 1 saturated heterocycles. The Kier molecular flexibility index (Phi) is 4.11. The van der Waals surface area contributed by atoms with E-state index in [1.54, 1.807) is 12.7 Å². The zero-order chi connectivity index (χ0) is 13.8. The minimum Gasteiger partial charge on any atom is -0.297 e. The summed E-state index contributed by atoms with van der Waals surface area (Å²) in [4.78, 5) is 6.57. The van der Waals surface area contributed by atoms with E-state index in [0.29, 0.717) is 6.04 Å². The third-order valence-corrected chi connectivity index (χ3v) is 3.99. The van der Waals surface area contributed by atoms with Gasteiger partial charge >= 0.3 is 0 Å². The van der Waals surface area contributed by atoms with E-state index in [1.165, 1.54) is 31.4 Å². The maximum Gasteiger partial charge on any atom is 0.137 e. The Bertz CT molecular complexity index is 518. The first-order valence-electron chi connectivity index (χ1n) is 7.37. The van der Waals surface area contributed by atoms with Crippen molar-refractivity contribution >= 4 is 0 Å². The molecular weight excluding hydrogens is 252 g/mol. The van der Waals surface area contributed by atoms with Crippen LogP contribution in [0.3, 0.4) is 0 Å². The number of rotatable bonds is 5. The maximum absolute atomic E-state index is 4.42. The van der Waals surface area contributed by atoms with Crippen LogP contribution in [0.1, 0.15) is 24.8 Å². The van der Waals surface area contributed by atoms with Gasteiger partial charge in [0.05, 0.1) is 19.3 Å². The monoisotopic (exact) mass is 274 g/mol. The number of nitrogens with zero attached hydrogens (tertiary/aromatic N) is 6. The Morgan fingerprint density at radius 2 is 2.15 bits per heavy atom. The first-order chi connectivity index (χ1) is 9.81. The first kappa shape index (κ1) is 13.3. The van der Waals surface area contributed by atoms with Crippen LogP contribution in [0.2, 0.25) is 0 Å². The molecule has 6 heteroatoms. The molecule has 0 aliphatic carbocycles. The largest absolute Gasteiger partial charge is 0.297 e. The van der Waals surface area contributed by atoms with E-state index in [1.807, 2.05) is 10.9 Å². The summed E-state index contributed by atoms with van der Waals surface area (Å²) in [5.41, 5.74) is 1.23. The number of piperidine rings is 1. The van der Waals surface area contributed by atoms with Gasteiger partial charge in [0.15, 0.2) is 0 Å². The third-order valence-electron chi connectivity index (χ3n) is 3.99. The molecule has 0 aromatic carbocycles. The average Bonchev–Trinajstić information content (AvgIpc) is 3.10. The van der Waals surface area contributed by atoms with Crippen LogP contribution in [0.5, 0.6) is 0 Å². The van der Waals surface area contributed by atoms with Gasteiger partial charge in [-0.1, -0.05) is 6.42 Å².